The topological polar surface area (TPSA) is 128 Å². The Kier molecular flexibility index (Phi) is 8.66. The molecule has 0 radical (unpaired) electrons. The van der Waals surface area contributed by atoms with E-state index in [-0.39, 0.29) is 24.7 Å². The number of ether oxygens (including phenoxy) is 1. The summed E-state index contributed by atoms with van der Waals surface area (Å²) in [5.41, 5.74) is 7.58. The van der Waals surface area contributed by atoms with E-state index in [0.29, 0.717) is 23.7 Å². The van der Waals surface area contributed by atoms with Crippen LogP contribution in [-0.2, 0) is 9.59 Å². The van der Waals surface area contributed by atoms with Crippen molar-refractivity contribution in [2.24, 2.45) is 11.1 Å². The monoisotopic (exact) mass is 551 g/mol. The fourth-order valence-corrected chi connectivity index (χ4v) is 5.53. The summed E-state index contributed by atoms with van der Waals surface area (Å²) >= 11 is 1.31. The van der Waals surface area contributed by atoms with Crippen molar-refractivity contribution in [1.29, 1.82) is 0 Å². The second kappa shape index (κ2) is 11.8. The molecule has 0 saturated carbocycles. The van der Waals surface area contributed by atoms with Crippen LogP contribution in [0.5, 0.6) is 5.88 Å². The number of para-hydroxylation sites is 1. The molecule has 3 N–H and O–H groups in total. The zero-order chi connectivity index (χ0) is 28.3. The molecule has 2 aromatic heterocycles. The van der Waals surface area contributed by atoms with Crippen LogP contribution in [0, 0.1) is 12.3 Å². The molecule has 3 aromatic rings. The minimum Gasteiger partial charge on any atom is -0.472 e. The molecule has 1 saturated heterocycles. The van der Waals surface area contributed by atoms with Gasteiger partial charge in [-0.3, -0.25) is 14.4 Å². The van der Waals surface area contributed by atoms with Gasteiger partial charge in [0.2, 0.25) is 23.5 Å². The number of Topliss-reactive ketones (excluding diaryl/α,β-unsaturated/α-hetero) is 1. The number of pyridine rings is 1. The van der Waals surface area contributed by atoms with Crippen LogP contribution in [0.3, 0.4) is 0 Å². The number of fused-ring (bicyclic) bond motifs is 1. The molecule has 4 rings (SSSR count). The number of nitrogens with two attached hydrogens (primary N) is 1. The van der Waals surface area contributed by atoms with Crippen molar-refractivity contribution < 1.29 is 19.1 Å². The molecule has 10 heteroatoms. The van der Waals surface area contributed by atoms with Gasteiger partial charge in [-0.1, -0.05) is 52.3 Å². The molecule has 2 unspecified atom stereocenters. The van der Waals surface area contributed by atoms with Crippen LogP contribution in [-0.4, -0.2) is 63.2 Å². The van der Waals surface area contributed by atoms with Gasteiger partial charge in [0, 0.05) is 18.7 Å². The van der Waals surface area contributed by atoms with Gasteiger partial charge in [0.1, 0.15) is 12.1 Å². The highest BCUT2D eigenvalue weighted by Gasteiger charge is 2.45. The maximum atomic E-state index is 13.7. The van der Waals surface area contributed by atoms with Crippen molar-refractivity contribution in [3.8, 4) is 5.88 Å². The summed E-state index contributed by atoms with van der Waals surface area (Å²) in [4.78, 5) is 50.9. The molecule has 1 aliphatic heterocycles. The molecule has 2 amide bonds. The number of thiazole rings is 1. The molecular formula is C29H37N5O4S. The second-order valence-corrected chi connectivity index (χ2v) is 12.2. The average Bonchev–Trinajstić information content (AvgIpc) is 3.52. The van der Waals surface area contributed by atoms with E-state index in [2.05, 4.69) is 15.3 Å². The zero-order valence-electron chi connectivity index (χ0n) is 23.1. The number of nitrogens with zero attached hydrogens (tertiary/aromatic N) is 3. The molecule has 1 fully saturated rings. The summed E-state index contributed by atoms with van der Waals surface area (Å²) in [7, 11) is 0. The van der Waals surface area contributed by atoms with Crippen LogP contribution in [0.1, 0.15) is 62.3 Å². The van der Waals surface area contributed by atoms with Crippen molar-refractivity contribution in [3.05, 3.63) is 53.2 Å². The number of likely N-dealkylation sites (tertiary alicyclic amines) is 1. The van der Waals surface area contributed by atoms with Gasteiger partial charge in [0.15, 0.2) is 5.01 Å². The van der Waals surface area contributed by atoms with Crippen LogP contribution < -0.4 is 15.8 Å². The summed E-state index contributed by atoms with van der Waals surface area (Å²) in [5.74, 6) is -0.533. The van der Waals surface area contributed by atoms with E-state index in [0.717, 1.165) is 15.8 Å². The Morgan fingerprint density at radius 3 is 2.59 bits per heavy atom. The summed E-state index contributed by atoms with van der Waals surface area (Å²) in [6.07, 6.45) is 2.66. The summed E-state index contributed by atoms with van der Waals surface area (Å²) in [6, 6.07) is 8.82. The first-order chi connectivity index (χ1) is 18.5. The molecular weight excluding hydrogens is 514 g/mol. The van der Waals surface area contributed by atoms with Gasteiger partial charge in [0.25, 0.3) is 0 Å². The van der Waals surface area contributed by atoms with Gasteiger partial charge < -0.3 is 20.7 Å². The van der Waals surface area contributed by atoms with E-state index in [1.54, 1.807) is 12.3 Å². The van der Waals surface area contributed by atoms with Crippen LogP contribution in [0.2, 0.25) is 0 Å². The number of carbonyl (C=O) groups is 3. The first-order valence-electron chi connectivity index (χ1n) is 13.3. The average molecular weight is 552 g/mol. The van der Waals surface area contributed by atoms with Crippen molar-refractivity contribution in [2.75, 3.05) is 6.54 Å². The highest BCUT2D eigenvalue weighted by atomic mass is 32.1. The highest BCUT2D eigenvalue weighted by Crippen LogP contribution is 2.28. The molecule has 9 nitrogen and oxygen atoms in total. The lowest BCUT2D eigenvalue weighted by atomic mass is 9.86. The predicted octanol–water partition coefficient (Wildman–Crippen LogP) is 3.89. The first-order valence-corrected chi connectivity index (χ1v) is 14.1. The number of hydrogen-bond acceptors (Lipinski definition) is 8. The van der Waals surface area contributed by atoms with E-state index in [1.165, 1.54) is 16.2 Å². The largest absolute Gasteiger partial charge is 0.472 e. The van der Waals surface area contributed by atoms with E-state index in [4.69, 9.17) is 10.5 Å². The normalized spacial score (nSPS) is 19.1. The van der Waals surface area contributed by atoms with Crippen LogP contribution in [0.25, 0.3) is 10.2 Å². The van der Waals surface area contributed by atoms with Gasteiger partial charge in [-0.15, -0.1) is 11.3 Å². The van der Waals surface area contributed by atoms with Gasteiger partial charge in [0.05, 0.1) is 28.8 Å². The fourth-order valence-electron chi connectivity index (χ4n) is 4.57. The van der Waals surface area contributed by atoms with Gasteiger partial charge in [-0.25, -0.2) is 9.97 Å². The third kappa shape index (κ3) is 6.62. The summed E-state index contributed by atoms with van der Waals surface area (Å²) in [6.45, 7) is 9.75. The molecule has 0 aliphatic carbocycles. The predicted molar refractivity (Wildman–Crippen MR) is 152 cm³/mol. The number of carbonyl (C=O) groups excluding carboxylic acids is 3. The van der Waals surface area contributed by atoms with Crippen LogP contribution in [0.4, 0.5) is 0 Å². The molecule has 1 aromatic carbocycles. The molecule has 3 heterocycles. The lowest BCUT2D eigenvalue weighted by Crippen LogP contribution is -2.56. The number of aromatic nitrogens is 2. The van der Waals surface area contributed by atoms with E-state index in [1.807, 2.05) is 65.0 Å². The Labute approximate surface area is 233 Å². The smallest absolute Gasteiger partial charge is 0.243 e. The van der Waals surface area contributed by atoms with Crippen molar-refractivity contribution >= 4 is 39.2 Å². The lowest BCUT2D eigenvalue weighted by Gasteiger charge is -2.32. The summed E-state index contributed by atoms with van der Waals surface area (Å²) in [5, 5.41) is 3.29. The second-order valence-electron chi connectivity index (χ2n) is 11.2. The fraction of sp³-hybridized carbons (Fsp3) is 0.483. The van der Waals surface area contributed by atoms with Crippen molar-refractivity contribution in [1.82, 2.24) is 20.2 Å². The molecule has 1 aliphatic rings. The standard InChI is InChI=1S/C29H37N5O4S/c1-6-9-20(24(35)27-33-19-10-7-8-11-22(19)39-27)32-26(36)21-14-18(38-23-13-12-17(2)15-31-23)16-34(21)28(37)25(30)29(3,4)5/h7-8,10-13,15,18,20-21,25H,6,9,14,16,30H2,1-5H3,(H,32,36)/t18-,20?,21-,25?/m1/s1. The minimum absolute atomic E-state index is 0.195. The van der Waals surface area contributed by atoms with Gasteiger partial charge in [-0.05, 0) is 36.5 Å². The minimum atomic E-state index is -0.830. The summed E-state index contributed by atoms with van der Waals surface area (Å²) < 4.78 is 6.97. The Balaban J connectivity index is 1.55. The molecule has 0 bridgehead atoms. The molecule has 208 valence electrons. The van der Waals surface area contributed by atoms with Crippen molar-refractivity contribution in [2.45, 2.75) is 78.1 Å². The van der Waals surface area contributed by atoms with Crippen LogP contribution >= 0.6 is 11.3 Å². The van der Waals surface area contributed by atoms with Crippen LogP contribution in [0.15, 0.2) is 42.6 Å². The quantitative estimate of drug-likeness (QED) is 0.386. The maximum absolute atomic E-state index is 13.7. The third-order valence-electron chi connectivity index (χ3n) is 6.93. The Morgan fingerprint density at radius 2 is 1.95 bits per heavy atom. The van der Waals surface area contributed by atoms with E-state index < -0.39 is 35.6 Å². The Morgan fingerprint density at radius 1 is 1.21 bits per heavy atom. The SMILES string of the molecule is CCCC(NC(=O)[C@H]1C[C@@H](Oc2ccc(C)cn2)CN1C(=O)C(N)C(C)(C)C)C(=O)c1nc2ccccc2s1. The Bertz CT molecular complexity index is 1300. The maximum Gasteiger partial charge on any atom is 0.243 e. The number of amides is 2. The number of rotatable bonds is 9. The first kappa shape index (κ1) is 28.6. The molecule has 39 heavy (non-hydrogen) atoms. The molecule has 0 spiro atoms. The highest BCUT2D eigenvalue weighted by molar-refractivity contribution is 7.20. The molecule has 4 atom stereocenters. The van der Waals surface area contributed by atoms with Gasteiger partial charge in [-0.2, -0.15) is 0 Å². The van der Waals surface area contributed by atoms with Gasteiger partial charge >= 0.3 is 0 Å². The van der Waals surface area contributed by atoms with Crippen molar-refractivity contribution in [3.63, 3.8) is 0 Å². The Hall–Kier alpha value is -3.37. The number of ketones is 1. The number of nitrogens with one attached hydrogen (secondary N) is 1. The zero-order valence-corrected chi connectivity index (χ0v) is 24.0. The number of benzene rings is 1. The van der Waals surface area contributed by atoms with E-state index in [9.17, 15) is 14.4 Å². The number of aryl methyl sites for hydroxylation is 1. The number of hydrogen-bond donors (Lipinski definition) is 2. The third-order valence-corrected chi connectivity index (χ3v) is 7.99. The van der Waals surface area contributed by atoms with E-state index >= 15 is 0 Å². The lowest BCUT2D eigenvalue weighted by molar-refractivity contribution is -0.141.